The fourth-order valence-corrected chi connectivity index (χ4v) is 4.12. The summed E-state index contributed by atoms with van der Waals surface area (Å²) in [4.78, 5) is 28.9. The van der Waals surface area contributed by atoms with E-state index in [0.717, 1.165) is 32.6 Å². The Morgan fingerprint density at radius 1 is 1.22 bits per heavy atom. The Kier molecular flexibility index (Phi) is 6.76. The molecule has 0 saturated carbocycles. The first kappa shape index (κ1) is 20.6. The Morgan fingerprint density at radius 3 is 2.48 bits per heavy atom. The molecule has 7 heteroatoms. The van der Waals surface area contributed by atoms with E-state index in [4.69, 9.17) is 9.47 Å². The van der Waals surface area contributed by atoms with E-state index in [2.05, 4.69) is 26.1 Å². The number of hydrogen-bond acceptors (Lipinski definition) is 5. The second-order valence-electron chi connectivity index (χ2n) is 8.58. The van der Waals surface area contributed by atoms with E-state index in [0.29, 0.717) is 44.3 Å². The summed E-state index contributed by atoms with van der Waals surface area (Å²) in [7, 11) is 0. The quantitative estimate of drug-likeness (QED) is 0.775. The summed E-state index contributed by atoms with van der Waals surface area (Å²) >= 11 is 0. The highest BCUT2D eigenvalue weighted by Gasteiger charge is 2.41. The molecule has 0 radical (unpaired) electrons. The molecule has 1 spiro atoms. The van der Waals surface area contributed by atoms with Gasteiger partial charge in [-0.3, -0.25) is 9.59 Å². The third kappa shape index (κ3) is 5.00. The predicted molar refractivity (Wildman–Crippen MR) is 102 cm³/mol. The van der Waals surface area contributed by atoms with Gasteiger partial charge < -0.3 is 24.6 Å². The Hall–Kier alpha value is -1.18. The van der Waals surface area contributed by atoms with Crippen LogP contribution in [0.15, 0.2) is 0 Å². The van der Waals surface area contributed by atoms with Crippen LogP contribution in [0.5, 0.6) is 0 Å². The van der Waals surface area contributed by atoms with Gasteiger partial charge in [0, 0.05) is 44.9 Å². The molecule has 154 valence electrons. The van der Waals surface area contributed by atoms with Crippen molar-refractivity contribution in [3.63, 3.8) is 0 Å². The standard InChI is InChI=1S/C20H35N3O4/c1-4-16-13-26-20(27-14-16)5-8-22(9-6-20)18(24)12-23-10-7-21-17(19(23)25)11-15(2)3/h15-17,21H,4-14H2,1-3H3/t17-/m0/s1. The number of piperidine rings is 1. The minimum Gasteiger partial charge on any atom is -0.349 e. The predicted octanol–water partition coefficient (Wildman–Crippen LogP) is 1.22. The monoisotopic (exact) mass is 381 g/mol. The fraction of sp³-hybridized carbons (Fsp3) is 0.900. The Bertz CT molecular complexity index is 521. The van der Waals surface area contributed by atoms with Gasteiger partial charge in [0.25, 0.3) is 0 Å². The summed E-state index contributed by atoms with van der Waals surface area (Å²) < 4.78 is 12.0. The van der Waals surface area contributed by atoms with E-state index < -0.39 is 5.79 Å². The third-order valence-corrected chi connectivity index (χ3v) is 6.03. The lowest BCUT2D eigenvalue weighted by Crippen LogP contribution is -2.58. The van der Waals surface area contributed by atoms with E-state index in [1.807, 2.05) is 4.90 Å². The Morgan fingerprint density at radius 2 is 1.89 bits per heavy atom. The number of piperazine rings is 1. The minimum atomic E-state index is -0.504. The zero-order chi connectivity index (χ0) is 19.4. The zero-order valence-corrected chi connectivity index (χ0v) is 17.0. The van der Waals surface area contributed by atoms with Crippen LogP contribution in [0.1, 0.15) is 46.5 Å². The van der Waals surface area contributed by atoms with Gasteiger partial charge in [0.05, 0.1) is 25.8 Å². The molecule has 3 heterocycles. The highest BCUT2D eigenvalue weighted by atomic mass is 16.7. The molecular formula is C20H35N3O4. The first-order valence-electron chi connectivity index (χ1n) is 10.5. The molecule has 3 aliphatic heterocycles. The van der Waals surface area contributed by atoms with E-state index in [1.165, 1.54) is 0 Å². The van der Waals surface area contributed by atoms with E-state index in [9.17, 15) is 9.59 Å². The lowest BCUT2D eigenvalue weighted by Gasteiger charge is -2.45. The van der Waals surface area contributed by atoms with Crippen LogP contribution in [0.25, 0.3) is 0 Å². The molecule has 0 aliphatic carbocycles. The number of ether oxygens (including phenoxy) is 2. The van der Waals surface area contributed by atoms with Gasteiger partial charge in [-0.2, -0.15) is 0 Å². The molecule has 0 aromatic heterocycles. The molecule has 0 bridgehead atoms. The van der Waals surface area contributed by atoms with Gasteiger partial charge in [-0.05, 0) is 18.8 Å². The van der Waals surface area contributed by atoms with Crippen LogP contribution in [-0.4, -0.2) is 79.4 Å². The van der Waals surface area contributed by atoms with E-state index >= 15 is 0 Å². The van der Waals surface area contributed by atoms with Crippen molar-refractivity contribution >= 4 is 11.8 Å². The molecule has 2 amide bonds. The van der Waals surface area contributed by atoms with Crippen molar-refractivity contribution in [1.82, 2.24) is 15.1 Å². The highest BCUT2D eigenvalue weighted by Crippen LogP contribution is 2.33. The zero-order valence-electron chi connectivity index (χ0n) is 17.0. The topological polar surface area (TPSA) is 71.1 Å². The van der Waals surface area contributed by atoms with Crippen molar-refractivity contribution in [2.45, 2.75) is 58.3 Å². The molecular weight excluding hydrogens is 346 g/mol. The molecule has 3 saturated heterocycles. The van der Waals surface area contributed by atoms with Crippen LogP contribution in [0.4, 0.5) is 0 Å². The van der Waals surface area contributed by atoms with E-state index in [-0.39, 0.29) is 24.4 Å². The summed E-state index contributed by atoms with van der Waals surface area (Å²) in [5.74, 6) is 0.512. The molecule has 3 fully saturated rings. The fourth-order valence-electron chi connectivity index (χ4n) is 4.12. The minimum absolute atomic E-state index is 0.0330. The van der Waals surface area contributed by atoms with Gasteiger partial charge >= 0.3 is 0 Å². The second kappa shape index (κ2) is 8.88. The van der Waals surface area contributed by atoms with Gasteiger partial charge in [0.15, 0.2) is 5.79 Å². The number of rotatable bonds is 5. The van der Waals surface area contributed by atoms with Crippen molar-refractivity contribution in [2.75, 3.05) is 45.9 Å². The molecule has 0 unspecified atom stereocenters. The summed E-state index contributed by atoms with van der Waals surface area (Å²) in [5.41, 5.74) is 0. The number of carbonyl (C=O) groups excluding carboxylic acids is 2. The molecule has 27 heavy (non-hydrogen) atoms. The maximum Gasteiger partial charge on any atom is 0.242 e. The van der Waals surface area contributed by atoms with Crippen molar-refractivity contribution in [2.24, 2.45) is 11.8 Å². The Labute approximate surface area is 162 Å². The second-order valence-corrected chi connectivity index (χ2v) is 8.58. The van der Waals surface area contributed by atoms with Crippen LogP contribution in [0.2, 0.25) is 0 Å². The number of likely N-dealkylation sites (tertiary alicyclic amines) is 1. The molecule has 1 atom stereocenters. The average molecular weight is 382 g/mol. The molecule has 7 nitrogen and oxygen atoms in total. The number of nitrogens with zero attached hydrogens (tertiary/aromatic N) is 2. The van der Waals surface area contributed by atoms with Crippen LogP contribution in [0.3, 0.4) is 0 Å². The molecule has 0 aromatic carbocycles. The normalized spacial score (nSPS) is 26.8. The summed E-state index contributed by atoms with van der Waals surface area (Å²) in [6.07, 6.45) is 3.29. The Balaban J connectivity index is 1.47. The van der Waals surface area contributed by atoms with Crippen LogP contribution in [-0.2, 0) is 19.1 Å². The first-order chi connectivity index (χ1) is 12.9. The van der Waals surface area contributed by atoms with Gasteiger partial charge in [-0.1, -0.05) is 20.8 Å². The van der Waals surface area contributed by atoms with Crippen LogP contribution >= 0.6 is 0 Å². The average Bonchev–Trinajstić information content (AvgIpc) is 2.66. The largest absolute Gasteiger partial charge is 0.349 e. The maximum atomic E-state index is 12.7. The summed E-state index contributed by atoms with van der Waals surface area (Å²) in [6.45, 7) is 10.7. The first-order valence-corrected chi connectivity index (χ1v) is 10.5. The van der Waals surface area contributed by atoms with Crippen molar-refractivity contribution < 1.29 is 19.1 Å². The van der Waals surface area contributed by atoms with Crippen LogP contribution in [0, 0.1) is 11.8 Å². The lowest BCUT2D eigenvalue weighted by molar-refractivity contribution is -0.297. The molecule has 1 N–H and O–H groups in total. The lowest BCUT2D eigenvalue weighted by atomic mass is 9.99. The number of nitrogens with one attached hydrogen (secondary N) is 1. The summed E-state index contributed by atoms with van der Waals surface area (Å²) in [5, 5.41) is 3.28. The maximum absolute atomic E-state index is 12.7. The number of carbonyl (C=O) groups is 2. The highest BCUT2D eigenvalue weighted by molar-refractivity contribution is 5.88. The van der Waals surface area contributed by atoms with Crippen molar-refractivity contribution in [3.8, 4) is 0 Å². The van der Waals surface area contributed by atoms with Gasteiger partial charge in [0.1, 0.15) is 0 Å². The molecule has 3 rings (SSSR count). The van der Waals surface area contributed by atoms with Crippen LogP contribution < -0.4 is 5.32 Å². The third-order valence-electron chi connectivity index (χ3n) is 6.03. The van der Waals surface area contributed by atoms with E-state index in [1.54, 1.807) is 4.90 Å². The van der Waals surface area contributed by atoms with Crippen molar-refractivity contribution in [1.29, 1.82) is 0 Å². The molecule has 3 aliphatic rings. The van der Waals surface area contributed by atoms with Gasteiger partial charge in [-0.25, -0.2) is 0 Å². The number of amides is 2. The van der Waals surface area contributed by atoms with Gasteiger partial charge in [0.2, 0.25) is 11.8 Å². The van der Waals surface area contributed by atoms with Gasteiger partial charge in [-0.15, -0.1) is 0 Å². The number of hydrogen-bond donors (Lipinski definition) is 1. The molecule has 0 aromatic rings. The SMILES string of the molecule is CCC1COC2(CCN(C(=O)CN3CCN[C@@H](CC(C)C)C3=O)CC2)OC1. The summed E-state index contributed by atoms with van der Waals surface area (Å²) in [6, 6.07) is -0.160. The van der Waals surface area contributed by atoms with Crippen molar-refractivity contribution in [3.05, 3.63) is 0 Å². The smallest absolute Gasteiger partial charge is 0.242 e.